The minimum absolute atomic E-state index is 0.570. The van der Waals surface area contributed by atoms with E-state index in [9.17, 15) is 0 Å². The predicted molar refractivity (Wildman–Crippen MR) is 151 cm³/mol. The lowest BCUT2D eigenvalue weighted by Gasteiger charge is -2.34. The van der Waals surface area contributed by atoms with Crippen molar-refractivity contribution in [2.24, 2.45) is 0 Å². The van der Waals surface area contributed by atoms with Crippen molar-refractivity contribution in [3.63, 3.8) is 0 Å². The van der Waals surface area contributed by atoms with Crippen molar-refractivity contribution < 1.29 is 0 Å². The minimum atomic E-state index is 0.570. The number of nitrogens with one attached hydrogen (secondary N) is 1. The Balaban J connectivity index is 1.38. The van der Waals surface area contributed by atoms with E-state index in [0.29, 0.717) is 5.95 Å². The van der Waals surface area contributed by atoms with Crippen molar-refractivity contribution >= 4 is 17.3 Å². The van der Waals surface area contributed by atoms with Crippen LogP contribution in [0.3, 0.4) is 0 Å². The van der Waals surface area contributed by atoms with Crippen LogP contribution in [0.1, 0.15) is 5.56 Å². The van der Waals surface area contributed by atoms with Crippen LogP contribution in [0.4, 0.5) is 17.3 Å². The van der Waals surface area contributed by atoms with Gasteiger partial charge in [0.2, 0.25) is 5.95 Å². The first-order valence-electron chi connectivity index (χ1n) is 12.9. The van der Waals surface area contributed by atoms with Gasteiger partial charge in [0.05, 0.1) is 12.2 Å². The van der Waals surface area contributed by atoms with Gasteiger partial charge in [-0.25, -0.2) is 9.97 Å². The molecule has 1 aliphatic heterocycles. The highest BCUT2D eigenvalue weighted by Crippen LogP contribution is 2.31. The molecule has 1 saturated heterocycles. The fraction of sp³-hybridized carbons (Fsp3) is 0.345. The first-order valence-corrected chi connectivity index (χ1v) is 12.9. The van der Waals surface area contributed by atoms with Crippen molar-refractivity contribution in [2.45, 2.75) is 13.5 Å². The predicted octanol–water partition coefficient (Wildman–Crippen LogP) is 4.37. The summed E-state index contributed by atoms with van der Waals surface area (Å²) in [6.45, 7) is 8.12. The normalized spacial score (nSPS) is 14.4. The van der Waals surface area contributed by atoms with Gasteiger partial charge in [-0.1, -0.05) is 29.8 Å². The molecule has 0 amide bonds. The molecule has 8 heteroatoms. The maximum Gasteiger partial charge on any atom is 0.227 e. The zero-order valence-electron chi connectivity index (χ0n) is 22.2. The molecule has 5 rings (SSSR count). The molecule has 8 nitrogen and oxygen atoms in total. The highest BCUT2D eigenvalue weighted by molar-refractivity contribution is 5.79. The van der Waals surface area contributed by atoms with Crippen molar-refractivity contribution in [3.05, 3.63) is 72.6 Å². The van der Waals surface area contributed by atoms with Gasteiger partial charge in [0.1, 0.15) is 5.69 Å². The fourth-order valence-corrected chi connectivity index (χ4v) is 4.47. The van der Waals surface area contributed by atoms with E-state index in [0.717, 1.165) is 67.5 Å². The molecule has 0 spiro atoms. The number of hydrogen-bond acceptors (Lipinski definition) is 7. The standard InChI is InChI=1S/C29H36N8/c1-22-5-7-23(8-6-22)28-26(21-37(33-28)20-15-34(2)3)27-13-14-30-29(32-27)31-24-9-11-25(12-10-24)36-18-16-35(4)17-19-36/h5-14,21H,15-20H2,1-4H3,(H,30,31,32). The highest BCUT2D eigenvalue weighted by atomic mass is 15.3. The third-order valence-electron chi connectivity index (χ3n) is 6.79. The summed E-state index contributed by atoms with van der Waals surface area (Å²) in [6.07, 6.45) is 3.90. The number of benzene rings is 2. The molecule has 0 bridgehead atoms. The molecule has 2 aromatic heterocycles. The Morgan fingerprint density at radius 3 is 2.35 bits per heavy atom. The van der Waals surface area contributed by atoms with E-state index in [4.69, 9.17) is 10.1 Å². The first-order chi connectivity index (χ1) is 17.9. The van der Waals surface area contributed by atoms with Crippen molar-refractivity contribution in [2.75, 3.05) is 64.1 Å². The molecule has 192 valence electrons. The number of anilines is 3. The molecule has 0 unspecified atom stereocenters. The number of piperazine rings is 1. The van der Waals surface area contributed by atoms with Gasteiger partial charge >= 0.3 is 0 Å². The Morgan fingerprint density at radius 1 is 0.919 bits per heavy atom. The van der Waals surface area contributed by atoms with Crippen LogP contribution in [0.25, 0.3) is 22.5 Å². The van der Waals surface area contributed by atoms with Crippen molar-refractivity contribution in [3.8, 4) is 22.5 Å². The molecular formula is C29H36N8. The van der Waals surface area contributed by atoms with Gasteiger partial charge in [-0.15, -0.1) is 0 Å². The maximum absolute atomic E-state index is 4.93. The monoisotopic (exact) mass is 496 g/mol. The molecular weight excluding hydrogens is 460 g/mol. The van der Waals surface area contributed by atoms with Gasteiger partial charge in [-0.3, -0.25) is 4.68 Å². The average Bonchev–Trinajstić information content (AvgIpc) is 3.33. The van der Waals surface area contributed by atoms with E-state index in [1.165, 1.54) is 11.3 Å². The molecule has 0 atom stereocenters. The van der Waals surface area contributed by atoms with Gasteiger partial charge < -0.3 is 20.0 Å². The molecule has 0 saturated carbocycles. The molecule has 1 aliphatic rings. The quantitative estimate of drug-likeness (QED) is 0.389. The van der Waals surface area contributed by atoms with Gasteiger partial charge in [-0.2, -0.15) is 5.10 Å². The second kappa shape index (κ2) is 11.1. The maximum atomic E-state index is 4.93. The largest absolute Gasteiger partial charge is 0.369 e. The molecule has 37 heavy (non-hydrogen) atoms. The summed E-state index contributed by atoms with van der Waals surface area (Å²) in [4.78, 5) is 16.3. The van der Waals surface area contributed by atoms with Gasteiger partial charge in [0.25, 0.3) is 0 Å². The third-order valence-corrected chi connectivity index (χ3v) is 6.79. The summed E-state index contributed by atoms with van der Waals surface area (Å²) >= 11 is 0. The summed E-state index contributed by atoms with van der Waals surface area (Å²) in [5.74, 6) is 0.570. The van der Waals surface area contributed by atoms with E-state index < -0.39 is 0 Å². The number of aryl methyl sites for hydroxylation is 1. The van der Waals surface area contributed by atoms with E-state index in [1.54, 1.807) is 6.20 Å². The first kappa shape index (κ1) is 24.9. The Labute approximate surface area is 219 Å². The van der Waals surface area contributed by atoms with Crippen molar-refractivity contribution in [1.82, 2.24) is 29.5 Å². The molecule has 4 aromatic rings. The summed E-state index contributed by atoms with van der Waals surface area (Å²) in [5, 5.41) is 8.31. The number of hydrogen-bond donors (Lipinski definition) is 1. The number of likely N-dealkylation sites (N-methyl/N-ethyl adjacent to an activating group) is 2. The summed E-state index contributed by atoms with van der Waals surface area (Å²) in [5.41, 5.74) is 7.30. The number of rotatable bonds is 8. The Hall–Kier alpha value is -3.75. The van der Waals surface area contributed by atoms with E-state index >= 15 is 0 Å². The molecule has 0 aliphatic carbocycles. The Bertz CT molecular complexity index is 1300. The minimum Gasteiger partial charge on any atom is -0.369 e. The van der Waals surface area contributed by atoms with Crippen LogP contribution in [0.15, 0.2) is 67.0 Å². The molecule has 1 N–H and O–H groups in total. The van der Waals surface area contributed by atoms with E-state index in [2.05, 4.69) is 108 Å². The molecule has 0 radical (unpaired) electrons. The van der Waals surface area contributed by atoms with E-state index in [1.807, 2.05) is 10.7 Å². The van der Waals surface area contributed by atoms with Crippen LogP contribution in [-0.2, 0) is 6.54 Å². The van der Waals surface area contributed by atoms with Gasteiger partial charge in [0.15, 0.2) is 0 Å². The lowest BCUT2D eigenvalue weighted by molar-refractivity contribution is 0.313. The average molecular weight is 497 g/mol. The summed E-state index contributed by atoms with van der Waals surface area (Å²) < 4.78 is 2.01. The second-order valence-corrected chi connectivity index (χ2v) is 10.1. The summed E-state index contributed by atoms with van der Waals surface area (Å²) in [7, 11) is 6.33. The fourth-order valence-electron chi connectivity index (χ4n) is 4.47. The van der Waals surface area contributed by atoms with Crippen LogP contribution < -0.4 is 10.2 Å². The van der Waals surface area contributed by atoms with E-state index in [-0.39, 0.29) is 0 Å². The number of aromatic nitrogens is 4. The van der Waals surface area contributed by atoms with Crippen LogP contribution in [0.5, 0.6) is 0 Å². The highest BCUT2D eigenvalue weighted by Gasteiger charge is 2.16. The molecule has 1 fully saturated rings. The van der Waals surface area contributed by atoms with Gasteiger partial charge in [-0.05, 0) is 58.4 Å². The van der Waals surface area contributed by atoms with Crippen molar-refractivity contribution in [1.29, 1.82) is 0 Å². The lowest BCUT2D eigenvalue weighted by atomic mass is 10.0. The Kier molecular flexibility index (Phi) is 7.48. The Morgan fingerprint density at radius 2 is 1.65 bits per heavy atom. The smallest absolute Gasteiger partial charge is 0.227 e. The van der Waals surface area contributed by atoms with Crippen LogP contribution in [0.2, 0.25) is 0 Å². The zero-order valence-corrected chi connectivity index (χ0v) is 22.2. The van der Waals surface area contributed by atoms with Crippen LogP contribution in [-0.4, -0.2) is 83.4 Å². The lowest BCUT2D eigenvalue weighted by Crippen LogP contribution is -2.44. The second-order valence-electron chi connectivity index (χ2n) is 10.1. The molecule has 2 aromatic carbocycles. The molecule has 3 heterocycles. The third kappa shape index (κ3) is 6.15. The summed E-state index contributed by atoms with van der Waals surface area (Å²) in [6, 6.07) is 19.0. The number of nitrogens with zero attached hydrogens (tertiary/aromatic N) is 7. The zero-order chi connectivity index (χ0) is 25.8. The topological polar surface area (TPSA) is 65.4 Å². The van der Waals surface area contributed by atoms with Crippen LogP contribution in [0, 0.1) is 6.92 Å². The van der Waals surface area contributed by atoms with Gasteiger partial charge in [0, 0.05) is 67.6 Å². The van der Waals surface area contributed by atoms with Crippen LogP contribution >= 0.6 is 0 Å². The SMILES string of the molecule is Cc1ccc(-c2nn(CCN(C)C)cc2-c2ccnc(Nc3ccc(N4CCN(C)CC4)cc3)n2)cc1.